The first kappa shape index (κ1) is 18.0. The fraction of sp³-hybridized carbons (Fsp3) is 0.818. The fourth-order valence-electron chi connectivity index (χ4n) is 0.885. The van der Waals surface area contributed by atoms with Crippen LogP contribution in [0.1, 0.15) is 27.7 Å². The molecule has 0 amide bonds. The summed E-state index contributed by atoms with van der Waals surface area (Å²) in [6.07, 6.45) is 2.83. The van der Waals surface area contributed by atoms with Gasteiger partial charge in [0.2, 0.25) is 0 Å². The van der Waals surface area contributed by atoms with Crippen molar-refractivity contribution in [1.82, 2.24) is 0 Å². The van der Waals surface area contributed by atoms with E-state index in [-0.39, 0.29) is 0 Å². The van der Waals surface area contributed by atoms with Gasteiger partial charge in [0.1, 0.15) is 0 Å². The van der Waals surface area contributed by atoms with Gasteiger partial charge >= 0.3 is 0 Å². The van der Waals surface area contributed by atoms with E-state index in [0.29, 0.717) is 0 Å². The number of rotatable bonds is 5. The molecule has 0 bridgehead atoms. The molecule has 4 nitrogen and oxygen atoms in total. The number of allylic oxidation sites excluding steroid dienone is 1. The fourth-order valence-corrected chi connectivity index (χ4v) is 1.31. The first-order chi connectivity index (χ1) is 7.24. The molecule has 0 saturated heterocycles. The van der Waals surface area contributed by atoms with Gasteiger partial charge in [-0.25, -0.2) is 8.42 Å². The van der Waals surface area contributed by atoms with Crippen molar-refractivity contribution in [1.29, 1.82) is 0 Å². The standard InChI is InChI=1S/C7H18N.C4H8O3S/c1-5-8(4,6-2)7-3;1-2-3-4-8(5,6)7/h5-7H2,1-4H3;2-3H,4H2,1H3,(H,5,6,7)/q+1;/p-1/b;3-2+. The minimum atomic E-state index is -4.02. The summed E-state index contributed by atoms with van der Waals surface area (Å²) >= 11 is 0. The molecule has 5 heteroatoms. The first-order valence-corrected chi connectivity index (χ1v) is 7.20. The van der Waals surface area contributed by atoms with Crippen molar-refractivity contribution in [3.63, 3.8) is 0 Å². The predicted octanol–water partition coefficient (Wildman–Crippen LogP) is 1.60. The normalized spacial score (nSPS) is 12.4. The number of quaternary nitrogens is 1. The van der Waals surface area contributed by atoms with Gasteiger partial charge in [0, 0.05) is 0 Å². The molecule has 0 aromatic rings. The second kappa shape index (κ2) is 8.73. The van der Waals surface area contributed by atoms with Crippen LogP contribution in [0.15, 0.2) is 12.2 Å². The summed E-state index contributed by atoms with van der Waals surface area (Å²) in [5.41, 5.74) is 0. The van der Waals surface area contributed by atoms with Crippen LogP contribution in [0.25, 0.3) is 0 Å². The van der Waals surface area contributed by atoms with Crippen LogP contribution in [0.2, 0.25) is 0 Å². The summed E-state index contributed by atoms with van der Waals surface area (Å²) in [5.74, 6) is -0.399. The molecule has 0 aliphatic rings. The maximum Gasteiger partial charge on any atom is 0.0982 e. The first-order valence-electron chi connectivity index (χ1n) is 5.62. The van der Waals surface area contributed by atoms with Crippen molar-refractivity contribution in [2.75, 3.05) is 32.4 Å². The molecule has 0 rings (SSSR count). The van der Waals surface area contributed by atoms with Crippen LogP contribution in [-0.2, 0) is 10.1 Å². The molecule has 0 saturated carbocycles. The quantitative estimate of drug-likeness (QED) is 0.424. The highest BCUT2D eigenvalue weighted by atomic mass is 32.2. The van der Waals surface area contributed by atoms with Gasteiger partial charge in [-0.2, -0.15) is 0 Å². The van der Waals surface area contributed by atoms with Gasteiger partial charge in [0.25, 0.3) is 0 Å². The highest BCUT2D eigenvalue weighted by Crippen LogP contribution is 1.97. The van der Waals surface area contributed by atoms with Crippen LogP contribution in [0.4, 0.5) is 0 Å². The average Bonchev–Trinajstić information content (AvgIpc) is 2.25. The number of nitrogens with zero attached hydrogens (tertiary/aromatic N) is 1. The molecule has 98 valence electrons. The summed E-state index contributed by atoms with van der Waals surface area (Å²) in [4.78, 5) is 0. The summed E-state index contributed by atoms with van der Waals surface area (Å²) < 4.78 is 30.6. The average molecular weight is 251 g/mol. The summed E-state index contributed by atoms with van der Waals surface area (Å²) in [7, 11) is -1.73. The van der Waals surface area contributed by atoms with Gasteiger partial charge in [-0.1, -0.05) is 12.2 Å². The smallest absolute Gasteiger partial charge is 0.0982 e. The Morgan fingerprint density at radius 1 is 1.12 bits per heavy atom. The van der Waals surface area contributed by atoms with E-state index in [4.69, 9.17) is 0 Å². The van der Waals surface area contributed by atoms with E-state index < -0.39 is 15.9 Å². The Morgan fingerprint density at radius 2 is 1.50 bits per heavy atom. The van der Waals surface area contributed by atoms with Crippen LogP contribution in [0.3, 0.4) is 0 Å². The highest BCUT2D eigenvalue weighted by Gasteiger charge is 2.10. The lowest BCUT2D eigenvalue weighted by molar-refractivity contribution is -0.904. The molecule has 0 radical (unpaired) electrons. The SMILES string of the molecule is C/C=C/CS(=O)(=O)[O-].CC[N+](C)(CC)CC. The Hall–Kier alpha value is -0.390. The molecule has 0 aromatic carbocycles. The molecule has 16 heavy (non-hydrogen) atoms. The van der Waals surface area contributed by atoms with Crippen LogP contribution in [0.5, 0.6) is 0 Å². The minimum Gasteiger partial charge on any atom is -0.748 e. The molecule has 0 heterocycles. The summed E-state index contributed by atoms with van der Waals surface area (Å²) in [6.45, 7) is 12.2. The van der Waals surface area contributed by atoms with E-state index in [1.807, 2.05) is 0 Å². The Bertz CT molecular complexity index is 271. The van der Waals surface area contributed by atoms with E-state index in [1.54, 1.807) is 6.92 Å². The van der Waals surface area contributed by atoms with E-state index in [2.05, 4.69) is 27.8 Å². The van der Waals surface area contributed by atoms with E-state index in [0.717, 1.165) is 0 Å². The molecular formula is C11H25NO3S. The minimum absolute atomic E-state index is 0.399. The van der Waals surface area contributed by atoms with Gasteiger partial charge in [-0.3, -0.25) is 0 Å². The topological polar surface area (TPSA) is 57.2 Å². The van der Waals surface area contributed by atoms with E-state index >= 15 is 0 Å². The van der Waals surface area contributed by atoms with Gasteiger partial charge in [0.15, 0.2) is 0 Å². The van der Waals surface area contributed by atoms with Crippen LogP contribution >= 0.6 is 0 Å². The van der Waals surface area contributed by atoms with Gasteiger partial charge in [0.05, 0.1) is 42.6 Å². The molecule has 0 aromatic heterocycles. The zero-order valence-corrected chi connectivity index (χ0v) is 11.9. The Morgan fingerprint density at radius 3 is 1.56 bits per heavy atom. The van der Waals surface area contributed by atoms with Gasteiger partial charge < -0.3 is 9.04 Å². The van der Waals surface area contributed by atoms with Crippen LogP contribution < -0.4 is 0 Å². The summed E-state index contributed by atoms with van der Waals surface area (Å²) in [5, 5.41) is 0. The Kier molecular flexibility index (Phi) is 9.81. The molecule has 0 N–H and O–H groups in total. The van der Waals surface area contributed by atoms with Crippen molar-refractivity contribution in [3.05, 3.63) is 12.2 Å². The van der Waals surface area contributed by atoms with E-state index in [1.165, 1.54) is 36.3 Å². The Labute approximate surface area is 100 Å². The molecule has 0 spiro atoms. The largest absolute Gasteiger partial charge is 0.748 e. The lowest BCUT2D eigenvalue weighted by Gasteiger charge is -2.30. The third-order valence-corrected chi connectivity index (χ3v) is 3.43. The number of hydrogen-bond donors (Lipinski definition) is 0. The zero-order valence-electron chi connectivity index (χ0n) is 11.1. The maximum atomic E-state index is 9.78. The molecule has 0 aliphatic carbocycles. The lowest BCUT2D eigenvalue weighted by Crippen LogP contribution is -2.42. The van der Waals surface area contributed by atoms with Crippen molar-refractivity contribution in [2.45, 2.75) is 27.7 Å². The second-order valence-electron chi connectivity index (χ2n) is 3.86. The number of hydrogen-bond acceptors (Lipinski definition) is 3. The molecule has 0 atom stereocenters. The highest BCUT2D eigenvalue weighted by molar-refractivity contribution is 7.85. The monoisotopic (exact) mass is 251 g/mol. The van der Waals surface area contributed by atoms with Gasteiger partial charge in [-0.15, -0.1) is 0 Å². The van der Waals surface area contributed by atoms with Crippen molar-refractivity contribution >= 4 is 10.1 Å². The molecule has 0 unspecified atom stereocenters. The van der Waals surface area contributed by atoms with Crippen molar-refractivity contribution < 1.29 is 17.5 Å². The molecule has 0 aliphatic heterocycles. The van der Waals surface area contributed by atoms with Crippen molar-refractivity contribution in [3.8, 4) is 0 Å². The van der Waals surface area contributed by atoms with Crippen LogP contribution in [0, 0.1) is 0 Å². The molecular weight excluding hydrogens is 226 g/mol. The zero-order chi connectivity index (χ0) is 13.2. The van der Waals surface area contributed by atoms with Crippen LogP contribution in [-0.4, -0.2) is 49.9 Å². The van der Waals surface area contributed by atoms with E-state index in [9.17, 15) is 13.0 Å². The van der Waals surface area contributed by atoms with Crippen molar-refractivity contribution in [2.24, 2.45) is 0 Å². The third-order valence-electron chi connectivity index (χ3n) is 2.83. The third kappa shape index (κ3) is 11.7. The Balaban J connectivity index is 0. The lowest BCUT2D eigenvalue weighted by atomic mass is 10.4. The summed E-state index contributed by atoms with van der Waals surface area (Å²) in [6, 6.07) is 0. The maximum absolute atomic E-state index is 9.78. The predicted molar refractivity (Wildman–Crippen MR) is 67.2 cm³/mol. The molecule has 0 fully saturated rings. The van der Waals surface area contributed by atoms with Gasteiger partial charge in [-0.05, 0) is 27.7 Å². The second-order valence-corrected chi connectivity index (χ2v) is 5.31.